The van der Waals surface area contributed by atoms with Gasteiger partial charge in [0.15, 0.2) is 5.82 Å². The summed E-state index contributed by atoms with van der Waals surface area (Å²) in [5.74, 6) is -0.0310. The molecule has 3 aromatic rings. The number of rotatable bonds is 2. The quantitative estimate of drug-likeness (QED) is 0.766. The molecule has 1 aromatic heterocycles. The SMILES string of the molecule is CC(c1ccc(Br)cc1)n1c(N)nc2c(F)cccc21. The lowest BCUT2D eigenvalue weighted by atomic mass is 10.1. The summed E-state index contributed by atoms with van der Waals surface area (Å²) < 4.78 is 16.6. The van der Waals surface area contributed by atoms with Gasteiger partial charge in [0, 0.05) is 4.47 Å². The second kappa shape index (κ2) is 4.90. The van der Waals surface area contributed by atoms with Gasteiger partial charge in [0.05, 0.1) is 11.6 Å². The Kier molecular flexibility index (Phi) is 3.22. The van der Waals surface area contributed by atoms with Crippen molar-refractivity contribution < 1.29 is 4.39 Å². The summed E-state index contributed by atoms with van der Waals surface area (Å²) in [5, 5.41) is 0. The first-order chi connectivity index (χ1) is 9.58. The lowest BCUT2D eigenvalue weighted by molar-refractivity contribution is 0.636. The average Bonchev–Trinajstić information content (AvgIpc) is 2.77. The zero-order valence-electron chi connectivity index (χ0n) is 10.8. The van der Waals surface area contributed by atoms with Crippen LogP contribution in [0.2, 0.25) is 0 Å². The fourth-order valence-corrected chi connectivity index (χ4v) is 2.66. The molecule has 0 bridgehead atoms. The number of imidazole rings is 1. The molecule has 0 radical (unpaired) electrons. The highest BCUT2D eigenvalue weighted by Crippen LogP contribution is 2.28. The highest BCUT2D eigenvalue weighted by molar-refractivity contribution is 9.10. The van der Waals surface area contributed by atoms with E-state index in [9.17, 15) is 4.39 Å². The van der Waals surface area contributed by atoms with Crippen molar-refractivity contribution in [3.8, 4) is 0 Å². The zero-order chi connectivity index (χ0) is 14.3. The molecule has 2 N–H and O–H groups in total. The molecule has 0 aliphatic carbocycles. The summed E-state index contributed by atoms with van der Waals surface area (Å²) in [4.78, 5) is 4.13. The fraction of sp³-hybridized carbons (Fsp3) is 0.133. The van der Waals surface area contributed by atoms with Gasteiger partial charge in [-0.05, 0) is 36.8 Å². The second-order valence-corrected chi connectivity index (χ2v) is 5.59. The second-order valence-electron chi connectivity index (χ2n) is 4.68. The molecular weight excluding hydrogens is 321 g/mol. The number of hydrogen-bond donors (Lipinski definition) is 1. The summed E-state index contributed by atoms with van der Waals surface area (Å²) >= 11 is 3.41. The van der Waals surface area contributed by atoms with E-state index in [1.807, 2.05) is 41.8 Å². The maximum Gasteiger partial charge on any atom is 0.201 e. The molecule has 0 spiro atoms. The van der Waals surface area contributed by atoms with Crippen molar-refractivity contribution >= 4 is 32.9 Å². The van der Waals surface area contributed by atoms with Gasteiger partial charge in [0.2, 0.25) is 5.95 Å². The molecule has 5 heteroatoms. The van der Waals surface area contributed by atoms with Crippen molar-refractivity contribution in [2.45, 2.75) is 13.0 Å². The van der Waals surface area contributed by atoms with E-state index >= 15 is 0 Å². The standard InChI is InChI=1S/C15H13BrFN3/c1-9(10-5-7-11(16)8-6-10)20-13-4-2-3-12(17)14(13)19-15(20)18/h2-9H,1H3,(H2,18,19). The predicted octanol–water partition coefficient (Wildman–Crippen LogP) is 4.13. The minimum atomic E-state index is -0.351. The number of para-hydroxylation sites is 1. The van der Waals surface area contributed by atoms with Crippen molar-refractivity contribution in [1.82, 2.24) is 9.55 Å². The van der Waals surface area contributed by atoms with Crippen LogP contribution in [-0.2, 0) is 0 Å². The number of halogens is 2. The lowest BCUT2D eigenvalue weighted by Crippen LogP contribution is -2.10. The zero-order valence-corrected chi connectivity index (χ0v) is 12.4. The molecule has 1 unspecified atom stereocenters. The molecule has 1 heterocycles. The molecule has 0 saturated heterocycles. The van der Waals surface area contributed by atoms with Crippen LogP contribution in [0.1, 0.15) is 18.5 Å². The summed E-state index contributed by atoms with van der Waals surface area (Å²) in [6.45, 7) is 2.02. The molecule has 0 fully saturated rings. The van der Waals surface area contributed by atoms with Crippen LogP contribution in [0.5, 0.6) is 0 Å². The molecular formula is C15H13BrFN3. The van der Waals surface area contributed by atoms with Crippen molar-refractivity contribution in [3.05, 3.63) is 58.3 Å². The van der Waals surface area contributed by atoms with Gasteiger partial charge >= 0.3 is 0 Å². The van der Waals surface area contributed by atoms with E-state index in [1.165, 1.54) is 6.07 Å². The predicted molar refractivity (Wildman–Crippen MR) is 82.1 cm³/mol. The maximum absolute atomic E-state index is 13.8. The monoisotopic (exact) mass is 333 g/mol. The van der Waals surface area contributed by atoms with Crippen LogP contribution < -0.4 is 5.73 Å². The molecule has 3 nitrogen and oxygen atoms in total. The molecule has 0 aliphatic heterocycles. The van der Waals surface area contributed by atoms with E-state index in [2.05, 4.69) is 20.9 Å². The smallest absolute Gasteiger partial charge is 0.201 e. The first-order valence-corrected chi connectivity index (χ1v) is 7.04. The normalized spacial score (nSPS) is 12.8. The average molecular weight is 334 g/mol. The number of fused-ring (bicyclic) bond motifs is 1. The Morgan fingerprint density at radius 1 is 1.20 bits per heavy atom. The van der Waals surface area contributed by atoms with E-state index < -0.39 is 0 Å². The molecule has 0 saturated carbocycles. The third-order valence-corrected chi connectivity index (χ3v) is 3.97. The highest BCUT2D eigenvalue weighted by Gasteiger charge is 2.17. The fourth-order valence-electron chi connectivity index (χ4n) is 2.40. The van der Waals surface area contributed by atoms with E-state index in [0.717, 1.165) is 10.0 Å². The minimum Gasteiger partial charge on any atom is -0.369 e. The Labute approximate surface area is 124 Å². The number of nitrogens with two attached hydrogens (primary N) is 1. The lowest BCUT2D eigenvalue weighted by Gasteiger charge is -2.16. The van der Waals surface area contributed by atoms with Crippen LogP contribution in [-0.4, -0.2) is 9.55 Å². The Balaban J connectivity index is 2.16. The molecule has 20 heavy (non-hydrogen) atoms. The van der Waals surface area contributed by atoms with Crippen LogP contribution in [0.3, 0.4) is 0 Å². The molecule has 2 aromatic carbocycles. The Morgan fingerprint density at radius 3 is 2.60 bits per heavy atom. The molecule has 3 rings (SSSR count). The number of hydrogen-bond acceptors (Lipinski definition) is 2. The largest absolute Gasteiger partial charge is 0.369 e. The molecule has 102 valence electrons. The van der Waals surface area contributed by atoms with Crippen molar-refractivity contribution in [2.75, 3.05) is 5.73 Å². The van der Waals surface area contributed by atoms with Crippen molar-refractivity contribution in [2.24, 2.45) is 0 Å². The van der Waals surface area contributed by atoms with Crippen LogP contribution in [0, 0.1) is 5.82 Å². The van der Waals surface area contributed by atoms with Gasteiger partial charge in [-0.1, -0.05) is 34.1 Å². The van der Waals surface area contributed by atoms with E-state index in [4.69, 9.17) is 5.73 Å². The highest BCUT2D eigenvalue weighted by atomic mass is 79.9. The van der Waals surface area contributed by atoms with Gasteiger partial charge in [-0.25, -0.2) is 9.37 Å². The van der Waals surface area contributed by atoms with Gasteiger partial charge in [-0.2, -0.15) is 0 Å². The minimum absolute atomic E-state index is 0.0186. The van der Waals surface area contributed by atoms with Crippen LogP contribution in [0.4, 0.5) is 10.3 Å². The van der Waals surface area contributed by atoms with Crippen LogP contribution in [0.15, 0.2) is 46.9 Å². The number of nitrogens with zero attached hydrogens (tertiary/aromatic N) is 2. The van der Waals surface area contributed by atoms with E-state index in [-0.39, 0.29) is 11.9 Å². The van der Waals surface area contributed by atoms with Crippen LogP contribution >= 0.6 is 15.9 Å². The number of aromatic nitrogens is 2. The Hall–Kier alpha value is -1.88. The van der Waals surface area contributed by atoms with Crippen LogP contribution in [0.25, 0.3) is 11.0 Å². The van der Waals surface area contributed by atoms with Gasteiger partial charge < -0.3 is 10.3 Å². The van der Waals surface area contributed by atoms with Gasteiger partial charge in [0.1, 0.15) is 5.52 Å². The van der Waals surface area contributed by atoms with Gasteiger partial charge in [0.25, 0.3) is 0 Å². The summed E-state index contributed by atoms with van der Waals surface area (Å²) in [6.07, 6.45) is 0. The Bertz CT molecular complexity index is 765. The summed E-state index contributed by atoms with van der Waals surface area (Å²) in [7, 11) is 0. The van der Waals surface area contributed by atoms with Crippen molar-refractivity contribution in [3.63, 3.8) is 0 Å². The maximum atomic E-state index is 13.8. The number of nitrogen functional groups attached to an aromatic ring is 1. The first-order valence-electron chi connectivity index (χ1n) is 6.25. The van der Waals surface area contributed by atoms with Crippen molar-refractivity contribution in [1.29, 1.82) is 0 Å². The first kappa shape index (κ1) is 13.1. The summed E-state index contributed by atoms with van der Waals surface area (Å²) in [6, 6.07) is 12.8. The Morgan fingerprint density at radius 2 is 1.90 bits per heavy atom. The number of anilines is 1. The molecule has 0 aliphatic rings. The van der Waals surface area contributed by atoms with E-state index in [0.29, 0.717) is 17.0 Å². The number of benzene rings is 2. The van der Waals surface area contributed by atoms with E-state index in [1.54, 1.807) is 6.07 Å². The third-order valence-electron chi connectivity index (χ3n) is 3.44. The third kappa shape index (κ3) is 2.08. The van der Waals surface area contributed by atoms with Gasteiger partial charge in [-0.3, -0.25) is 0 Å². The molecule has 1 atom stereocenters. The summed E-state index contributed by atoms with van der Waals surface area (Å²) in [5.41, 5.74) is 8.07. The van der Waals surface area contributed by atoms with Gasteiger partial charge in [-0.15, -0.1) is 0 Å². The topological polar surface area (TPSA) is 43.8 Å². The molecule has 0 amide bonds.